The molecule has 0 saturated carbocycles. The van der Waals surface area contributed by atoms with Crippen LogP contribution in [0.4, 0.5) is 0 Å². The van der Waals surface area contributed by atoms with Crippen LogP contribution >= 0.6 is 0 Å². The molecule has 3 nitrogen and oxygen atoms in total. The molecule has 0 bridgehead atoms. The summed E-state index contributed by atoms with van der Waals surface area (Å²) in [5.41, 5.74) is 7.06. The highest BCUT2D eigenvalue weighted by Crippen LogP contribution is 2.03. The van der Waals surface area contributed by atoms with Gasteiger partial charge in [0, 0.05) is 11.6 Å². The maximum atomic E-state index is 11.2. The molecule has 0 aliphatic rings. The number of hydrogen-bond donors (Lipinski definition) is 1. The van der Waals surface area contributed by atoms with Crippen LogP contribution in [0.1, 0.15) is 27.7 Å². The maximum Gasteiger partial charge on any atom is 0.333 e. The van der Waals surface area contributed by atoms with E-state index in [1.165, 1.54) is 0 Å². The molecule has 0 aromatic rings. The van der Waals surface area contributed by atoms with Gasteiger partial charge in [0.05, 0.1) is 0 Å². The van der Waals surface area contributed by atoms with Crippen LogP contribution in [0.2, 0.25) is 0 Å². The van der Waals surface area contributed by atoms with E-state index in [1.54, 1.807) is 13.8 Å². The molecule has 1 unspecified atom stereocenters. The van der Waals surface area contributed by atoms with Crippen LogP contribution in [-0.2, 0) is 9.53 Å². The Morgan fingerprint density at radius 3 is 2.25 bits per heavy atom. The molecular weight excluding hydrogens is 154 g/mol. The van der Waals surface area contributed by atoms with Gasteiger partial charge in [-0.3, -0.25) is 0 Å². The third-order valence-electron chi connectivity index (χ3n) is 1.53. The first-order valence-electron chi connectivity index (χ1n) is 4.02. The minimum Gasteiger partial charge on any atom is -0.461 e. The molecule has 0 aliphatic heterocycles. The van der Waals surface area contributed by atoms with Crippen molar-refractivity contribution in [3.63, 3.8) is 0 Å². The van der Waals surface area contributed by atoms with Gasteiger partial charge in [-0.25, -0.2) is 4.79 Å². The number of carbonyl (C=O) groups excluding carboxylic acids is 1. The van der Waals surface area contributed by atoms with E-state index in [9.17, 15) is 4.79 Å². The smallest absolute Gasteiger partial charge is 0.333 e. The summed E-state index contributed by atoms with van der Waals surface area (Å²) < 4.78 is 4.90. The summed E-state index contributed by atoms with van der Waals surface area (Å²) in [6, 6.07) is -0.0982. The lowest BCUT2D eigenvalue weighted by Crippen LogP contribution is -2.24. The lowest BCUT2D eigenvalue weighted by atomic mass is 10.2. The van der Waals surface area contributed by atoms with Crippen LogP contribution in [-0.4, -0.2) is 18.6 Å². The lowest BCUT2D eigenvalue weighted by molar-refractivity contribution is -0.139. The predicted molar refractivity (Wildman–Crippen MR) is 48.7 cm³/mol. The van der Waals surface area contributed by atoms with E-state index >= 15 is 0 Å². The van der Waals surface area contributed by atoms with Gasteiger partial charge in [-0.15, -0.1) is 0 Å². The van der Waals surface area contributed by atoms with Gasteiger partial charge in [0.15, 0.2) is 0 Å². The Morgan fingerprint density at radius 2 is 1.92 bits per heavy atom. The molecule has 0 saturated heterocycles. The van der Waals surface area contributed by atoms with Crippen molar-refractivity contribution in [1.82, 2.24) is 0 Å². The molecule has 0 amide bonds. The molecule has 0 radical (unpaired) electrons. The molecule has 0 aromatic carbocycles. The van der Waals surface area contributed by atoms with E-state index in [0.717, 1.165) is 5.57 Å². The molecule has 2 N–H and O–H groups in total. The average Bonchev–Trinajstić information content (AvgIpc) is 1.98. The zero-order valence-corrected chi connectivity index (χ0v) is 8.18. The summed E-state index contributed by atoms with van der Waals surface area (Å²) in [6.07, 6.45) is 0. The highest BCUT2D eigenvalue weighted by Gasteiger charge is 2.07. The molecule has 0 fully saturated rings. The van der Waals surface area contributed by atoms with Gasteiger partial charge in [0.2, 0.25) is 0 Å². The number of ether oxygens (including phenoxy) is 1. The van der Waals surface area contributed by atoms with Crippen LogP contribution in [0.3, 0.4) is 0 Å². The van der Waals surface area contributed by atoms with Gasteiger partial charge in [0.25, 0.3) is 0 Å². The van der Waals surface area contributed by atoms with Crippen molar-refractivity contribution >= 4 is 5.97 Å². The van der Waals surface area contributed by atoms with E-state index in [-0.39, 0.29) is 18.6 Å². The summed E-state index contributed by atoms with van der Waals surface area (Å²) in [5, 5.41) is 0. The topological polar surface area (TPSA) is 52.3 Å². The van der Waals surface area contributed by atoms with Crippen molar-refractivity contribution in [2.24, 2.45) is 5.73 Å². The van der Waals surface area contributed by atoms with E-state index < -0.39 is 0 Å². The second-order valence-electron chi connectivity index (χ2n) is 3.20. The summed E-state index contributed by atoms with van der Waals surface area (Å²) in [5.74, 6) is -0.271. The zero-order valence-electron chi connectivity index (χ0n) is 8.18. The first-order valence-corrected chi connectivity index (χ1v) is 4.02. The van der Waals surface area contributed by atoms with Gasteiger partial charge in [-0.2, -0.15) is 0 Å². The number of esters is 1. The van der Waals surface area contributed by atoms with E-state index in [4.69, 9.17) is 10.5 Å². The quantitative estimate of drug-likeness (QED) is 0.513. The second-order valence-corrected chi connectivity index (χ2v) is 3.20. The van der Waals surface area contributed by atoms with Crippen molar-refractivity contribution < 1.29 is 9.53 Å². The van der Waals surface area contributed by atoms with Crippen molar-refractivity contribution in [3.8, 4) is 0 Å². The van der Waals surface area contributed by atoms with Gasteiger partial charge in [0.1, 0.15) is 6.61 Å². The van der Waals surface area contributed by atoms with Crippen LogP contribution in [0.15, 0.2) is 11.1 Å². The summed E-state index contributed by atoms with van der Waals surface area (Å²) in [6.45, 7) is 7.58. The zero-order chi connectivity index (χ0) is 9.72. The Balaban J connectivity index is 3.98. The van der Waals surface area contributed by atoms with Crippen molar-refractivity contribution in [2.45, 2.75) is 33.7 Å². The number of nitrogens with two attached hydrogens (primary N) is 1. The lowest BCUT2D eigenvalue weighted by Gasteiger charge is -2.07. The Hall–Kier alpha value is -0.830. The highest BCUT2D eigenvalue weighted by atomic mass is 16.5. The summed E-state index contributed by atoms with van der Waals surface area (Å²) in [4.78, 5) is 11.2. The molecule has 70 valence electrons. The number of carbonyl (C=O) groups is 1. The van der Waals surface area contributed by atoms with Gasteiger partial charge >= 0.3 is 5.97 Å². The first kappa shape index (κ1) is 11.2. The monoisotopic (exact) mass is 171 g/mol. The fourth-order valence-corrected chi connectivity index (χ4v) is 0.520. The summed E-state index contributed by atoms with van der Waals surface area (Å²) >= 11 is 0. The number of allylic oxidation sites excluding steroid dienone is 1. The molecule has 0 aliphatic carbocycles. The van der Waals surface area contributed by atoms with Gasteiger partial charge in [-0.1, -0.05) is 5.57 Å². The van der Waals surface area contributed by atoms with E-state index in [1.807, 2.05) is 13.8 Å². The molecule has 1 atom stereocenters. The van der Waals surface area contributed by atoms with Crippen LogP contribution in [0, 0.1) is 0 Å². The normalized spacial score (nSPS) is 12.1. The van der Waals surface area contributed by atoms with Crippen molar-refractivity contribution in [3.05, 3.63) is 11.1 Å². The SMILES string of the molecule is CC(C)=C(C)C(=O)OCC(C)N. The fraction of sp³-hybridized carbons (Fsp3) is 0.667. The molecule has 0 heterocycles. The van der Waals surface area contributed by atoms with Crippen LogP contribution in [0.5, 0.6) is 0 Å². The Bertz CT molecular complexity index is 191. The number of hydrogen-bond acceptors (Lipinski definition) is 3. The predicted octanol–water partition coefficient (Wildman–Crippen LogP) is 1.23. The van der Waals surface area contributed by atoms with E-state index in [0.29, 0.717) is 5.57 Å². The molecule has 12 heavy (non-hydrogen) atoms. The Labute approximate surface area is 73.6 Å². The van der Waals surface area contributed by atoms with Crippen LogP contribution in [0.25, 0.3) is 0 Å². The minimum absolute atomic E-state index is 0.0982. The fourth-order valence-electron chi connectivity index (χ4n) is 0.520. The standard InChI is InChI=1S/C9H17NO2/c1-6(2)8(4)9(11)12-5-7(3)10/h7H,5,10H2,1-4H3. The molecule has 0 aromatic heterocycles. The molecule has 0 rings (SSSR count). The van der Waals surface area contributed by atoms with Crippen LogP contribution < -0.4 is 5.73 Å². The Kier molecular flexibility index (Phi) is 4.59. The van der Waals surface area contributed by atoms with Crippen molar-refractivity contribution in [1.29, 1.82) is 0 Å². The average molecular weight is 171 g/mol. The highest BCUT2D eigenvalue weighted by molar-refractivity contribution is 5.88. The van der Waals surface area contributed by atoms with Gasteiger partial charge in [-0.05, 0) is 27.7 Å². The van der Waals surface area contributed by atoms with Gasteiger partial charge < -0.3 is 10.5 Å². The maximum absolute atomic E-state index is 11.2. The molecule has 3 heteroatoms. The second kappa shape index (κ2) is 4.93. The first-order chi connectivity index (χ1) is 5.45. The number of rotatable bonds is 3. The van der Waals surface area contributed by atoms with E-state index in [2.05, 4.69) is 0 Å². The van der Waals surface area contributed by atoms with Crippen molar-refractivity contribution in [2.75, 3.05) is 6.61 Å². The third kappa shape index (κ3) is 4.13. The molecule has 0 spiro atoms. The largest absolute Gasteiger partial charge is 0.461 e. The summed E-state index contributed by atoms with van der Waals surface area (Å²) in [7, 11) is 0. The molecular formula is C9H17NO2. The Morgan fingerprint density at radius 1 is 1.42 bits per heavy atom. The third-order valence-corrected chi connectivity index (χ3v) is 1.53. The minimum atomic E-state index is -0.271.